The number of para-hydroxylation sites is 1. The Morgan fingerprint density at radius 1 is 1.20 bits per heavy atom. The molecule has 0 aliphatic carbocycles. The standard InChI is InChI=1S/C20H27NO4/c1-3-20(19(23)24-4-2)14-15-10-11-17(20)21(15)18(22)12-13-25-16-8-6-5-7-9-16/h5-9,15,17H,3-4,10-14H2,1-2H3/t15-,17+,20+/m1/s1. The van der Waals surface area contributed by atoms with Gasteiger partial charge < -0.3 is 14.4 Å². The minimum Gasteiger partial charge on any atom is -0.493 e. The summed E-state index contributed by atoms with van der Waals surface area (Å²) in [6.07, 6.45) is 3.67. The molecule has 0 saturated carbocycles. The van der Waals surface area contributed by atoms with E-state index in [0.29, 0.717) is 19.6 Å². The largest absolute Gasteiger partial charge is 0.493 e. The Bertz CT molecular complexity index is 617. The topological polar surface area (TPSA) is 55.8 Å². The van der Waals surface area contributed by atoms with Gasteiger partial charge in [0.05, 0.1) is 25.0 Å². The number of hydrogen-bond acceptors (Lipinski definition) is 4. The summed E-state index contributed by atoms with van der Waals surface area (Å²) in [6, 6.07) is 9.66. The average Bonchev–Trinajstić information content (AvgIpc) is 3.19. The van der Waals surface area contributed by atoms with Crippen molar-refractivity contribution in [1.29, 1.82) is 0 Å². The van der Waals surface area contributed by atoms with Crippen LogP contribution >= 0.6 is 0 Å². The van der Waals surface area contributed by atoms with E-state index in [0.717, 1.165) is 31.4 Å². The number of amides is 1. The molecule has 25 heavy (non-hydrogen) atoms. The third kappa shape index (κ3) is 3.24. The number of carbonyl (C=O) groups is 2. The molecule has 0 spiro atoms. The molecule has 0 aromatic heterocycles. The van der Waals surface area contributed by atoms with Crippen molar-refractivity contribution in [3.63, 3.8) is 0 Å². The van der Waals surface area contributed by atoms with Crippen molar-refractivity contribution in [3.8, 4) is 5.75 Å². The van der Waals surface area contributed by atoms with Crippen LogP contribution in [0.15, 0.2) is 30.3 Å². The number of hydrogen-bond donors (Lipinski definition) is 0. The molecule has 3 rings (SSSR count). The molecule has 0 unspecified atom stereocenters. The van der Waals surface area contributed by atoms with E-state index in [9.17, 15) is 9.59 Å². The normalized spacial score (nSPS) is 27.4. The Hall–Kier alpha value is -2.04. The number of nitrogens with zero attached hydrogens (tertiary/aromatic N) is 1. The van der Waals surface area contributed by atoms with Crippen LogP contribution in [0.1, 0.15) is 46.0 Å². The molecule has 2 aliphatic heterocycles. The van der Waals surface area contributed by atoms with Gasteiger partial charge in [0.2, 0.25) is 5.91 Å². The highest BCUT2D eigenvalue weighted by molar-refractivity contribution is 5.83. The smallest absolute Gasteiger partial charge is 0.314 e. The first-order valence-corrected chi connectivity index (χ1v) is 9.28. The predicted molar refractivity (Wildman–Crippen MR) is 94.2 cm³/mol. The van der Waals surface area contributed by atoms with Crippen LogP contribution in [0.2, 0.25) is 0 Å². The Morgan fingerprint density at radius 3 is 2.64 bits per heavy atom. The van der Waals surface area contributed by atoms with Crippen LogP contribution in [-0.2, 0) is 14.3 Å². The summed E-state index contributed by atoms with van der Waals surface area (Å²) in [5.41, 5.74) is -0.519. The highest BCUT2D eigenvalue weighted by atomic mass is 16.5. The lowest BCUT2D eigenvalue weighted by Crippen LogP contribution is -2.45. The van der Waals surface area contributed by atoms with Crippen LogP contribution in [-0.4, -0.2) is 42.1 Å². The van der Waals surface area contributed by atoms with Crippen molar-refractivity contribution in [2.24, 2.45) is 5.41 Å². The van der Waals surface area contributed by atoms with Gasteiger partial charge in [0, 0.05) is 12.1 Å². The maximum absolute atomic E-state index is 12.8. The second kappa shape index (κ2) is 7.46. The third-order valence-electron chi connectivity index (χ3n) is 5.67. The number of fused-ring (bicyclic) bond motifs is 2. The Morgan fingerprint density at radius 2 is 1.96 bits per heavy atom. The van der Waals surface area contributed by atoms with Gasteiger partial charge in [-0.15, -0.1) is 0 Å². The second-order valence-electron chi connectivity index (χ2n) is 6.89. The SMILES string of the molecule is CCOC(=O)[C@@]1(CC)C[C@H]2CC[C@@H]1N2C(=O)CCOc1ccccc1. The molecule has 2 saturated heterocycles. The highest BCUT2D eigenvalue weighted by Gasteiger charge is 2.60. The fraction of sp³-hybridized carbons (Fsp3) is 0.600. The molecule has 1 aromatic carbocycles. The predicted octanol–water partition coefficient (Wildman–Crippen LogP) is 3.18. The second-order valence-corrected chi connectivity index (χ2v) is 6.89. The zero-order valence-corrected chi connectivity index (χ0v) is 15.1. The van der Waals surface area contributed by atoms with Gasteiger partial charge in [-0.1, -0.05) is 25.1 Å². The van der Waals surface area contributed by atoms with Crippen LogP contribution in [0.4, 0.5) is 0 Å². The van der Waals surface area contributed by atoms with Crippen molar-refractivity contribution in [2.45, 2.75) is 58.0 Å². The third-order valence-corrected chi connectivity index (χ3v) is 5.67. The molecule has 2 aliphatic rings. The van der Waals surface area contributed by atoms with Gasteiger partial charge in [0.25, 0.3) is 0 Å². The van der Waals surface area contributed by atoms with Crippen LogP contribution in [0.25, 0.3) is 0 Å². The number of esters is 1. The molecule has 2 heterocycles. The monoisotopic (exact) mass is 345 g/mol. The number of benzene rings is 1. The van der Waals surface area contributed by atoms with Crippen molar-refractivity contribution in [1.82, 2.24) is 4.90 Å². The molecule has 5 nitrogen and oxygen atoms in total. The maximum atomic E-state index is 12.8. The van der Waals surface area contributed by atoms with Crippen LogP contribution in [0.5, 0.6) is 5.75 Å². The van der Waals surface area contributed by atoms with E-state index in [1.807, 2.05) is 49.1 Å². The first-order chi connectivity index (χ1) is 12.1. The molecule has 0 N–H and O–H groups in total. The fourth-order valence-corrected chi connectivity index (χ4v) is 4.48. The summed E-state index contributed by atoms with van der Waals surface area (Å²) in [7, 11) is 0. The Kier molecular flexibility index (Phi) is 5.30. The average molecular weight is 345 g/mol. The van der Waals surface area contributed by atoms with Gasteiger partial charge >= 0.3 is 5.97 Å². The molecule has 2 bridgehead atoms. The van der Waals surface area contributed by atoms with E-state index in [2.05, 4.69) is 0 Å². The van der Waals surface area contributed by atoms with E-state index < -0.39 is 5.41 Å². The van der Waals surface area contributed by atoms with Crippen LogP contribution in [0.3, 0.4) is 0 Å². The molecular weight excluding hydrogens is 318 g/mol. The molecule has 0 radical (unpaired) electrons. The summed E-state index contributed by atoms with van der Waals surface area (Å²) >= 11 is 0. The van der Waals surface area contributed by atoms with E-state index in [1.165, 1.54) is 0 Å². The van der Waals surface area contributed by atoms with Crippen LogP contribution < -0.4 is 4.74 Å². The highest BCUT2D eigenvalue weighted by Crippen LogP contribution is 2.52. The summed E-state index contributed by atoms with van der Waals surface area (Å²) in [4.78, 5) is 27.3. The first-order valence-electron chi connectivity index (χ1n) is 9.28. The fourth-order valence-electron chi connectivity index (χ4n) is 4.48. The van der Waals surface area contributed by atoms with E-state index in [-0.39, 0.29) is 24.0 Å². The lowest BCUT2D eigenvalue weighted by atomic mass is 9.72. The molecule has 1 amide bonds. The zero-order valence-electron chi connectivity index (χ0n) is 15.1. The summed E-state index contributed by atoms with van der Waals surface area (Å²) in [5, 5.41) is 0. The minimum absolute atomic E-state index is 0.0224. The zero-order chi connectivity index (χ0) is 17.9. The van der Waals surface area contributed by atoms with E-state index in [4.69, 9.17) is 9.47 Å². The van der Waals surface area contributed by atoms with Gasteiger partial charge in [-0.25, -0.2) is 0 Å². The van der Waals surface area contributed by atoms with Gasteiger partial charge in [0.15, 0.2) is 0 Å². The number of ether oxygens (including phenoxy) is 2. The molecular formula is C20H27NO4. The Labute approximate surface area is 149 Å². The van der Waals surface area contributed by atoms with Gasteiger partial charge in [-0.3, -0.25) is 9.59 Å². The van der Waals surface area contributed by atoms with Crippen LogP contribution in [0, 0.1) is 5.41 Å². The molecule has 136 valence electrons. The van der Waals surface area contributed by atoms with Crippen molar-refractivity contribution in [2.75, 3.05) is 13.2 Å². The van der Waals surface area contributed by atoms with Crippen molar-refractivity contribution in [3.05, 3.63) is 30.3 Å². The molecule has 2 fully saturated rings. The Balaban J connectivity index is 1.62. The molecule has 3 atom stereocenters. The summed E-state index contributed by atoms with van der Waals surface area (Å²) in [5.74, 6) is 0.722. The summed E-state index contributed by atoms with van der Waals surface area (Å²) < 4.78 is 11.0. The summed E-state index contributed by atoms with van der Waals surface area (Å²) in [6.45, 7) is 4.60. The van der Waals surface area contributed by atoms with Crippen molar-refractivity contribution < 1.29 is 19.1 Å². The van der Waals surface area contributed by atoms with Gasteiger partial charge in [-0.2, -0.15) is 0 Å². The van der Waals surface area contributed by atoms with E-state index in [1.54, 1.807) is 0 Å². The number of carbonyl (C=O) groups excluding carboxylic acids is 2. The lowest BCUT2D eigenvalue weighted by molar-refractivity contribution is -0.158. The number of rotatable bonds is 7. The van der Waals surface area contributed by atoms with Gasteiger partial charge in [-0.05, 0) is 44.7 Å². The van der Waals surface area contributed by atoms with Gasteiger partial charge in [0.1, 0.15) is 5.75 Å². The maximum Gasteiger partial charge on any atom is 0.314 e. The van der Waals surface area contributed by atoms with E-state index >= 15 is 0 Å². The quantitative estimate of drug-likeness (QED) is 0.712. The molecule has 1 aromatic rings. The molecule has 5 heteroatoms. The lowest BCUT2D eigenvalue weighted by Gasteiger charge is -2.34. The first kappa shape index (κ1) is 17.8. The minimum atomic E-state index is -0.519. The van der Waals surface area contributed by atoms with Crippen molar-refractivity contribution >= 4 is 11.9 Å².